The minimum atomic E-state index is -3.93. The molecule has 0 radical (unpaired) electrons. The Morgan fingerprint density at radius 3 is 2.38 bits per heavy atom. The number of aryl methyl sites for hydroxylation is 1. The Kier molecular flexibility index (Phi) is 7.01. The van der Waals surface area contributed by atoms with Gasteiger partial charge in [0.1, 0.15) is 5.00 Å². The maximum Gasteiger partial charge on any atom is 0.339 e. The second kappa shape index (κ2) is 9.39. The van der Waals surface area contributed by atoms with Gasteiger partial charge in [-0.2, -0.15) is 4.31 Å². The van der Waals surface area contributed by atoms with Gasteiger partial charge < -0.3 is 15.8 Å². The van der Waals surface area contributed by atoms with Gasteiger partial charge in [0, 0.05) is 23.9 Å². The number of nitrogens with zero attached hydrogens (tertiary/aromatic N) is 1. The fraction of sp³-hybridized carbons (Fsp3) is 0.381. The van der Waals surface area contributed by atoms with Crippen molar-refractivity contribution in [1.82, 2.24) is 4.31 Å². The number of nitrogens with two attached hydrogens (primary N) is 1. The third kappa shape index (κ3) is 4.54. The van der Waals surface area contributed by atoms with Crippen molar-refractivity contribution >= 4 is 44.1 Å². The Bertz CT molecular complexity index is 1160. The molecule has 1 fully saturated rings. The van der Waals surface area contributed by atoms with Gasteiger partial charge in [0.15, 0.2) is 0 Å². The van der Waals surface area contributed by atoms with Crippen LogP contribution in [-0.4, -0.2) is 50.7 Å². The Morgan fingerprint density at radius 2 is 1.78 bits per heavy atom. The molecule has 3 rings (SSSR count). The molecule has 2 amide bonds. The minimum Gasteiger partial charge on any atom is -0.465 e. The molecule has 1 aliphatic heterocycles. The summed E-state index contributed by atoms with van der Waals surface area (Å²) in [5, 5.41) is 3.21. The van der Waals surface area contributed by atoms with E-state index >= 15 is 0 Å². The Hall–Kier alpha value is -2.76. The van der Waals surface area contributed by atoms with Gasteiger partial charge in [-0.1, -0.05) is 12.1 Å². The highest BCUT2D eigenvalue weighted by atomic mass is 32.2. The minimum absolute atomic E-state index is 0.0303. The van der Waals surface area contributed by atoms with Crippen LogP contribution in [0.1, 0.15) is 44.0 Å². The molecule has 11 heteroatoms. The lowest BCUT2D eigenvalue weighted by atomic mass is 9.97. The molecule has 3 N–H and O–H groups in total. The molecule has 0 saturated carbocycles. The summed E-state index contributed by atoms with van der Waals surface area (Å²) in [6.07, 6.45) is 0.612. The second-order valence-electron chi connectivity index (χ2n) is 7.51. The SMILES string of the molecule is COC(=O)c1ccccc1S(=O)(=O)N1CCC(C(=O)Nc2sc(C)c(C)c2C(N)=O)CC1. The topological polar surface area (TPSA) is 136 Å². The fourth-order valence-corrected chi connectivity index (χ4v) is 6.41. The van der Waals surface area contributed by atoms with E-state index in [1.54, 1.807) is 19.1 Å². The fourth-order valence-electron chi connectivity index (χ4n) is 3.69. The second-order valence-corrected chi connectivity index (χ2v) is 10.6. The van der Waals surface area contributed by atoms with E-state index in [9.17, 15) is 22.8 Å². The summed E-state index contributed by atoms with van der Waals surface area (Å²) >= 11 is 1.29. The molecule has 32 heavy (non-hydrogen) atoms. The van der Waals surface area contributed by atoms with Crippen LogP contribution in [-0.2, 0) is 19.6 Å². The lowest BCUT2D eigenvalue weighted by Crippen LogP contribution is -2.41. The zero-order valence-corrected chi connectivity index (χ0v) is 19.6. The molecule has 2 aromatic rings. The van der Waals surface area contributed by atoms with Gasteiger partial charge in [-0.05, 0) is 44.4 Å². The molecule has 1 aromatic heterocycles. The van der Waals surface area contributed by atoms with Crippen LogP contribution < -0.4 is 11.1 Å². The molecule has 0 atom stereocenters. The molecule has 172 valence electrons. The Balaban J connectivity index is 1.72. The van der Waals surface area contributed by atoms with Gasteiger partial charge in [0.2, 0.25) is 15.9 Å². The van der Waals surface area contributed by atoms with E-state index < -0.39 is 27.8 Å². The van der Waals surface area contributed by atoms with Crippen molar-refractivity contribution in [3.8, 4) is 0 Å². The highest BCUT2D eigenvalue weighted by Gasteiger charge is 2.34. The summed E-state index contributed by atoms with van der Waals surface area (Å²) in [6, 6.07) is 5.88. The molecular weight excluding hydrogens is 454 g/mol. The Labute approximate surface area is 190 Å². The first-order valence-electron chi connectivity index (χ1n) is 9.96. The number of carbonyl (C=O) groups excluding carboxylic acids is 3. The molecular formula is C21H25N3O6S2. The summed E-state index contributed by atoms with van der Waals surface area (Å²) in [6.45, 7) is 3.87. The number of anilines is 1. The third-order valence-electron chi connectivity index (χ3n) is 5.60. The molecule has 0 bridgehead atoms. The average molecular weight is 480 g/mol. The van der Waals surface area contributed by atoms with Gasteiger partial charge in [-0.3, -0.25) is 9.59 Å². The number of rotatable bonds is 6. The average Bonchev–Trinajstić information content (AvgIpc) is 3.06. The smallest absolute Gasteiger partial charge is 0.339 e. The zero-order chi connectivity index (χ0) is 23.6. The van der Waals surface area contributed by atoms with Crippen LogP contribution in [0.3, 0.4) is 0 Å². The molecule has 1 aliphatic rings. The first kappa shape index (κ1) is 23.9. The monoisotopic (exact) mass is 479 g/mol. The summed E-state index contributed by atoms with van der Waals surface area (Å²) in [5.41, 5.74) is 6.47. The van der Waals surface area contributed by atoms with E-state index in [-0.39, 0.29) is 29.5 Å². The number of piperidine rings is 1. The predicted molar refractivity (Wildman–Crippen MR) is 120 cm³/mol. The number of carbonyl (C=O) groups is 3. The van der Waals surface area contributed by atoms with E-state index in [2.05, 4.69) is 5.32 Å². The number of thiophene rings is 1. The van der Waals surface area contributed by atoms with Crippen LogP contribution in [0.4, 0.5) is 5.00 Å². The number of primary amides is 1. The van der Waals surface area contributed by atoms with Crippen LogP contribution in [0.15, 0.2) is 29.2 Å². The Morgan fingerprint density at radius 1 is 1.16 bits per heavy atom. The number of esters is 1. The lowest BCUT2D eigenvalue weighted by molar-refractivity contribution is -0.120. The molecule has 1 aromatic carbocycles. The maximum absolute atomic E-state index is 13.1. The summed E-state index contributed by atoms with van der Waals surface area (Å²) in [5.74, 6) is -2.03. The van der Waals surface area contributed by atoms with Crippen molar-refractivity contribution in [3.63, 3.8) is 0 Å². The van der Waals surface area contributed by atoms with Gasteiger partial charge in [0.05, 0.1) is 23.1 Å². The van der Waals surface area contributed by atoms with Crippen LogP contribution >= 0.6 is 11.3 Å². The van der Waals surface area contributed by atoms with Gasteiger partial charge in [-0.25, -0.2) is 13.2 Å². The van der Waals surface area contributed by atoms with Gasteiger partial charge >= 0.3 is 5.97 Å². The molecule has 0 aliphatic carbocycles. The van der Waals surface area contributed by atoms with E-state index in [1.807, 2.05) is 6.92 Å². The van der Waals surface area contributed by atoms with Crippen molar-refractivity contribution in [2.45, 2.75) is 31.6 Å². The van der Waals surface area contributed by atoms with E-state index in [0.29, 0.717) is 23.4 Å². The molecule has 0 spiro atoms. The van der Waals surface area contributed by atoms with Crippen LogP contribution in [0.5, 0.6) is 0 Å². The van der Waals surface area contributed by atoms with E-state index in [1.165, 1.54) is 34.9 Å². The zero-order valence-electron chi connectivity index (χ0n) is 18.0. The maximum atomic E-state index is 13.1. The molecule has 0 unspecified atom stereocenters. The number of hydrogen-bond acceptors (Lipinski definition) is 7. The number of methoxy groups -OCH3 is 1. The number of sulfonamides is 1. The van der Waals surface area contributed by atoms with Crippen molar-refractivity contribution in [2.75, 3.05) is 25.5 Å². The number of amides is 2. The lowest BCUT2D eigenvalue weighted by Gasteiger charge is -2.30. The summed E-state index contributed by atoms with van der Waals surface area (Å²) in [7, 11) is -2.74. The quantitative estimate of drug-likeness (QED) is 0.610. The van der Waals surface area contributed by atoms with Gasteiger partial charge in [0.25, 0.3) is 5.91 Å². The third-order valence-corrected chi connectivity index (χ3v) is 8.68. The summed E-state index contributed by atoms with van der Waals surface area (Å²) in [4.78, 5) is 37.3. The van der Waals surface area contributed by atoms with Crippen molar-refractivity contribution in [3.05, 3.63) is 45.8 Å². The number of ether oxygens (including phenoxy) is 1. The predicted octanol–water partition coefficient (Wildman–Crippen LogP) is 2.29. The first-order valence-corrected chi connectivity index (χ1v) is 12.2. The highest BCUT2D eigenvalue weighted by molar-refractivity contribution is 7.89. The van der Waals surface area contributed by atoms with Crippen LogP contribution in [0.25, 0.3) is 0 Å². The molecule has 9 nitrogen and oxygen atoms in total. The van der Waals surface area contributed by atoms with Crippen LogP contribution in [0, 0.1) is 19.8 Å². The molecule has 2 heterocycles. The van der Waals surface area contributed by atoms with Crippen molar-refractivity contribution in [2.24, 2.45) is 11.7 Å². The number of nitrogens with one attached hydrogen (secondary N) is 1. The van der Waals surface area contributed by atoms with E-state index in [4.69, 9.17) is 10.5 Å². The van der Waals surface area contributed by atoms with Crippen molar-refractivity contribution < 1.29 is 27.5 Å². The molecule has 1 saturated heterocycles. The van der Waals surface area contributed by atoms with Crippen molar-refractivity contribution in [1.29, 1.82) is 0 Å². The van der Waals surface area contributed by atoms with Gasteiger partial charge in [-0.15, -0.1) is 11.3 Å². The largest absolute Gasteiger partial charge is 0.465 e. The number of benzene rings is 1. The number of hydrogen-bond donors (Lipinski definition) is 2. The first-order chi connectivity index (χ1) is 15.1. The normalized spacial score (nSPS) is 15.3. The highest BCUT2D eigenvalue weighted by Crippen LogP contribution is 2.33. The summed E-state index contributed by atoms with van der Waals surface area (Å²) < 4.78 is 32.2. The van der Waals surface area contributed by atoms with Crippen LogP contribution in [0.2, 0.25) is 0 Å². The van der Waals surface area contributed by atoms with E-state index in [0.717, 1.165) is 10.4 Å². The standard InChI is InChI=1S/C21H25N3O6S2/c1-12-13(2)31-20(17(12)18(22)25)23-19(26)14-8-10-24(11-9-14)32(28,29)16-7-5-4-6-15(16)21(27)30-3/h4-7,14H,8-11H2,1-3H3,(H2,22,25)(H,23,26).